The van der Waals surface area contributed by atoms with Gasteiger partial charge in [-0.25, -0.2) is 0 Å². The average molecular weight is 256 g/mol. The van der Waals surface area contributed by atoms with Gasteiger partial charge in [0.2, 0.25) is 0 Å². The highest BCUT2D eigenvalue weighted by Gasteiger charge is 2.31. The first-order chi connectivity index (χ1) is 8.04. The molecule has 3 heteroatoms. The summed E-state index contributed by atoms with van der Waals surface area (Å²) >= 11 is 0. The van der Waals surface area contributed by atoms with Crippen LogP contribution in [0.25, 0.3) is 0 Å². The van der Waals surface area contributed by atoms with Crippen molar-refractivity contribution in [1.29, 1.82) is 0 Å². The van der Waals surface area contributed by atoms with Crippen LogP contribution in [0.2, 0.25) is 0 Å². The Morgan fingerprint density at radius 3 is 1.72 bits per heavy atom. The van der Waals surface area contributed by atoms with Crippen LogP contribution < -0.4 is 10.6 Å². The molecule has 108 valence electrons. The van der Waals surface area contributed by atoms with Crippen molar-refractivity contribution < 1.29 is 4.79 Å². The van der Waals surface area contributed by atoms with Crippen molar-refractivity contribution >= 4 is 5.78 Å². The molecule has 0 aromatic carbocycles. The van der Waals surface area contributed by atoms with Gasteiger partial charge in [0, 0.05) is 17.0 Å². The zero-order valence-corrected chi connectivity index (χ0v) is 13.5. The van der Waals surface area contributed by atoms with Gasteiger partial charge in [0.25, 0.3) is 0 Å². The van der Waals surface area contributed by atoms with Crippen LogP contribution in [0.5, 0.6) is 0 Å². The summed E-state index contributed by atoms with van der Waals surface area (Å²) in [5, 5.41) is 6.61. The molecule has 0 aliphatic carbocycles. The topological polar surface area (TPSA) is 41.1 Å². The number of rotatable bonds is 8. The average Bonchev–Trinajstić information content (AvgIpc) is 2.25. The van der Waals surface area contributed by atoms with E-state index >= 15 is 0 Å². The molecule has 0 aromatic heterocycles. The number of hydrogen-bond donors (Lipinski definition) is 2. The SMILES string of the molecule is CNC(C)(C)CC(C)C(CC(C)(C)NC)C(C)=O. The molecular weight excluding hydrogens is 224 g/mol. The number of Topliss-reactive ketones (excluding diaryl/α,β-unsaturated/α-hetero) is 1. The van der Waals surface area contributed by atoms with Crippen molar-refractivity contribution in [2.45, 2.75) is 65.5 Å². The summed E-state index contributed by atoms with van der Waals surface area (Å²) in [5.41, 5.74) is 0.0886. The molecule has 0 rings (SSSR count). The summed E-state index contributed by atoms with van der Waals surface area (Å²) in [5.74, 6) is 0.815. The standard InChI is InChI=1S/C15H32N2O/c1-11(9-14(3,4)16-7)13(12(2)18)10-15(5,6)17-8/h11,13,16-17H,9-10H2,1-8H3. The van der Waals surface area contributed by atoms with Gasteiger partial charge < -0.3 is 10.6 Å². The van der Waals surface area contributed by atoms with Gasteiger partial charge in [-0.1, -0.05) is 6.92 Å². The van der Waals surface area contributed by atoms with E-state index in [1.807, 2.05) is 14.1 Å². The van der Waals surface area contributed by atoms with Crippen molar-refractivity contribution in [3.8, 4) is 0 Å². The third-order valence-electron chi connectivity index (χ3n) is 4.13. The molecule has 0 saturated heterocycles. The fraction of sp³-hybridized carbons (Fsp3) is 0.933. The van der Waals surface area contributed by atoms with Gasteiger partial charge in [0.05, 0.1) is 0 Å². The predicted molar refractivity (Wildman–Crippen MR) is 78.8 cm³/mol. The van der Waals surface area contributed by atoms with Crippen LogP contribution in [0, 0.1) is 11.8 Å². The Kier molecular flexibility index (Phi) is 6.52. The monoisotopic (exact) mass is 256 g/mol. The van der Waals surface area contributed by atoms with E-state index in [9.17, 15) is 4.79 Å². The Morgan fingerprint density at radius 1 is 1.00 bits per heavy atom. The Morgan fingerprint density at radius 2 is 1.39 bits per heavy atom. The number of carbonyl (C=O) groups is 1. The molecule has 0 bridgehead atoms. The minimum absolute atomic E-state index is 0.00832. The second kappa shape index (κ2) is 6.67. The van der Waals surface area contributed by atoms with Gasteiger partial charge in [-0.2, -0.15) is 0 Å². The molecule has 18 heavy (non-hydrogen) atoms. The third-order valence-corrected chi connectivity index (χ3v) is 4.13. The zero-order valence-electron chi connectivity index (χ0n) is 13.5. The molecule has 2 N–H and O–H groups in total. The third kappa shape index (κ3) is 5.96. The van der Waals surface area contributed by atoms with Crippen LogP contribution in [0.15, 0.2) is 0 Å². The first-order valence-electron chi connectivity index (χ1n) is 6.93. The summed E-state index contributed by atoms with van der Waals surface area (Å²) < 4.78 is 0. The summed E-state index contributed by atoms with van der Waals surface area (Å²) in [6.07, 6.45) is 1.90. The minimum Gasteiger partial charge on any atom is -0.315 e. The summed E-state index contributed by atoms with van der Waals surface area (Å²) in [6.45, 7) is 12.6. The predicted octanol–water partition coefficient (Wildman–Crippen LogP) is 2.60. The van der Waals surface area contributed by atoms with Crippen LogP contribution in [-0.4, -0.2) is 31.0 Å². The number of ketones is 1. The zero-order chi connectivity index (χ0) is 14.6. The lowest BCUT2D eigenvalue weighted by atomic mass is 9.76. The highest BCUT2D eigenvalue weighted by Crippen LogP contribution is 2.29. The largest absolute Gasteiger partial charge is 0.315 e. The fourth-order valence-corrected chi connectivity index (χ4v) is 2.45. The van der Waals surface area contributed by atoms with Gasteiger partial charge in [-0.05, 0) is 67.5 Å². The van der Waals surface area contributed by atoms with Gasteiger partial charge in [0.1, 0.15) is 5.78 Å². The minimum atomic E-state index is 0.00832. The Bertz CT molecular complexity index is 272. The molecule has 0 spiro atoms. The lowest BCUT2D eigenvalue weighted by Gasteiger charge is -2.35. The number of nitrogens with one attached hydrogen (secondary N) is 2. The highest BCUT2D eigenvalue weighted by molar-refractivity contribution is 5.78. The van der Waals surface area contributed by atoms with Crippen molar-refractivity contribution in [3.05, 3.63) is 0 Å². The number of hydrogen-bond acceptors (Lipinski definition) is 3. The maximum Gasteiger partial charge on any atom is 0.133 e. The van der Waals surface area contributed by atoms with Gasteiger partial charge in [0.15, 0.2) is 0 Å². The lowest BCUT2D eigenvalue weighted by molar-refractivity contribution is -0.123. The lowest BCUT2D eigenvalue weighted by Crippen LogP contribution is -2.43. The van der Waals surface area contributed by atoms with Crippen LogP contribution in [-0.2, 0) is 4.79 Å². The Labute approximate surface area is 113 Å². The van der Waals surface area contributed by atoms with Crippen LogP contribution in [0.4, 0.5) is 0 Å². The van der Waals surface area contributed by atoms with E-state index in [0.29, 0.717) is 11.7 Å². The summed E-state index contributed by atoms with van der Waals surface area (Å²) in [4.78, 5) is 11.9. The van der Waals surface area contributed by atoms with Gasteiger partial charge in [-0.3, -0.25) is 4.79 Å². The second-order valence-corrected chi connectivity index (χ2v) is 6.87. The molecule has 2 atom stereocenters. The van der Waals surface area contributed by atoms with E-state index in [1.54, 1.807) is 6.92 Å². The number of carbonyl (C=O) groups excluding carboxylic acids is 1. The molecule has 0 radical (unpaired) electrons. The van der Waals surface area contributed by atoms with Crippen molar-refractivity contribution in [1.82, 2.24) is 10.6 Å². The van der Waals surface area contributed by atoms with Crippen LogP contribution >= 0.6 is 0 Å². The van der Waals surface area contributed by atoms with E-state index in [2.05, 4.69) is 45.3 Å². The van der Waals surface area contributed by atoms with Crippen molar-refractivity contribution in [2.75, 3.05) is 14.1 Å². The molecule has 2 unspecified atom stereocenters. The van der Waals surface area contributed by atoms with Gasteiger partial charge >= 0.3 is 0 Å². The van der Waals surface area contributed by atoms with E-state index in [4.69, 9.17) is 0 Å². The van der Waals surface area contributed by atoms with Crippen LogP contribution in [0.3, 0.4) is 0 Å². The molecule has 3 nitrogen and oxygen atoms in total. The summed E-state index contributed by atoms with van der Waals surface area (Å²) in [7, 11) is 3.94. The van der Waals surface area contributed by atoms with E-state index in [0.717, 1.165) is 12.8 Å². The molecule has 0 aliphatic heterocycles. The fourth-order valence-electron chi connectivity index (χ4n) is 2.45. The van der Waals surface area contributed by atoms with Crippen molar-refractivity contribution in [2.24, 2.45) is 11.8 Å². The normalized spacial score (nSPS) is 16.4. The summed E-state index contributed by atoms with van der Waals surface area (Å²) in [6, 6.07) is 0. The molecule has 0 saturated carbocycles. The maximum atomic E-state index is 11.9. The smallest absolute Gasteiger partial charge is 0.133 e. The second-order valence-electron chi connectivity index (χ2n) is 6.87. The Balaban J connectivity index is 4.76. The van der Waals surface area contributed by atoms with E-state index in [-0.39, 0.29) is 17.0 Å². The Hall–Kier alpha value is -0.410. The molecule has 0 fully saturated rings. The quantitative estimate of drug-likeness (QED) is 0.701. The van der Waals surface area contributed by atoms with Crippen LogP contribution in [0.1, 0.15) is 54.4 Å². The van der Waals surface area contributed by atoms with Gasteiger partial charge in [-0.15, -0.1) is 0 Å². The molecular formula is C15H32N2O. The molecule has 0 aromatic rings. The molecule has 0 aliphatic rings. The van der Waals surface area contributed by atoms with E-state index < -0.39 is 0 Å². The first-order valence-corrected chi connectivity index (χ1v) is 6.93. The molecule has 0 amide bonds. The highest BCUT2D eigenvalue weighted by atomic mass is 16.1. The van der Waals surface area contributed by atoms with Crippen molar-refractivity contribution in [3.63, 3.8) is 0 Å². The maximum absolute atomic E-state index is 11.9. The first kappa shape index (κ1) is 17.6. The van der Waals surface area contributed by atoms with E-state index in [1.165, 1.54) is 0 Å². The molecule has 0 heterocycles.